The van der Waals surface area contributed by atoms with Crippen molar-refractivity contribution in [3.63, 3.8) is 0 Å². The normalized spacial score (nSPS) is 19.6. The average Bonchev–Trinajstić information content (AvgIpc) is 2.33. The Morgan fingerprint density at radius 2 is 2.00 bits per heavy atom. The Morgan fingerprint density at radius 3 is 2.69 bits per heavy atom. The van der Waals surface area contributed by atoms with Gasteiger partial charge < -0.3 is 10.4 Å². The highest BCUT2D eigenvalue weighted by atomic mass is 19.1. The Balaban J connectivity index is 1.96. The van der Waals surface area contributed by atoms with E-state index in [2.05, 4.69) is 5.32 Å². The molecular formula is C13H18FNO. The van der Waals surface area contributed by atoms with Gasteiger partial charge in [-0.2, -0.15) is 0 Å². The van der Waals surface area contributed by atoms with E-state index in [1.807, 2.05) is 6.07 Å². The van der Waals surface area contributed by atoms with Crippen LogP contribution >= 0.6 is 0 Å². The van der Waals surface area contributed by atoms with Crippen LogP contribution in [0.2, 0.25) is 0 Å². The van der Waals surface area contributed by atoms with Crippen molar-refractivity contribution >= 4 is 0 Å². The van der Waals surface area contributed by atoms with E-state index in [9.17, 15) is 9.50 Å². The first kappa shape index (κ1) is 11.4. The second kappa shape index (κ2) is 5.30. The molecule has 0 aromatic heterocycles. The molecule has 0 saturated carbocycles. The molecule has 1 fully saturated rings. The third-order valence-corrected chi connectivity index (χ3v) is 3.30. The fourth-order valence-corrected chi connectivity index (χ4v) is 2.27. The number of halogens is 1. The number of alkyl halides is 1. The highest BCUT2D eigenvalue weighted by Crippen LogP contribution is 2.25. The Kier molecular flexibility index (Phi) is 3.78. The molecule has 0 amide bonds. The van der Waals surface area contributed by atoms with Crippen molar-refractivity contribution in [2.75, 3.05) is 13.1 Å². The summed E-state index contributed by atoms with van der Waals surface area (Å²) in [6, 6.07) is 7.01. The van der Waals surface area contributed by atoms with Crippen LogP contribution in [0.15, 0.2) is 24.3 Å². The van der Waals surface area contributed by atoms with Gasteiger partial charge in [0.1, 0.15) is 11.9 Å². The summed E-state index contributed by atoms with van der Waals surface area (Å²) in [6.07, 6.45) is 1.29. The maximum atomic E-state index is 14.0. The van der Waals surface area contributed by atoms with E-state index >= 15 is 0 Å². The maximum Gasteiger partial charge on any atom is 0.118 e. The van der Waals surface area contributed by atoms with Gasteiger partial charge in [-0.25, -0.2) is 4.39 Å². The SMILES string of the molecule is Oc1ccccc1CC(F)C1CCNCC1. The van der Waals surface area contributed by atoms with Crippen LogP contribution in [-0.2, 0) is 6.42 Å². The van der Waals surface area contributed by atoms with Gasteiger partial charge in [0, 0.05) is 6.42 Å². The first-order valence-corrected chi connectivity index (χ1v) is 5.89. The Labute approximate surface area is 95.5 Å². The van der Waals surface area contributed by atoms with E-state index in [0.29, 0.717) is 12.0 Å². The van der Waals surface area contributed by atoms with Crippen LogP contribution in [0.3, 0.4) is 0 Å². The van der Waals surface area contributed by atoms with Crippen molar-refractivity contribution in [2.24, 2.45) is 5.92 Å². The van der Waals surface area contributed by atoms with Gasteiger partial charge in [0.2, 0.25) is 0 Å². The topological polar surface area (TPSA) is 32.3 Å². The number of para-hydroxylation sites is 1. The van der Waals surface area contributed by atoms with Gasteiger partial charge in [-0.3, -0.25) is 0 Å². The van der Waals surface area contributed by atoms with Crippen LogP contribution in [0.5, 0.6) is 5.75 Å². The quantitative estimate of drug-likeness (QED) is 0.824. The highest BCUT2D eigenvalue weighted by Gasteiger charge is 2.23. The number of piperidine rings is 1. The predicted molar refractivity (Wildman–Crippen MR) is 62.3 cm³/mol. The van der Waals surface area contributed by atoms with Crippen molar-refractivity contribution < 1.29 is 9.50 Å². The Morgan fingerprint density at radius 1 is 1.31 bits per heavy atom. The third kappa shape index (κ3) is 2.73. The fourth-order valence-electron chi connectivity index (χ4n) is 2.27. The molecule has 2 nitrogen and oxygen atoms in total. The zero-order valence-corrected chi connectivity index (χ0v) is 9.32. The second-order valence-electron chi connectivity index (χ2n) is 4.44. The number of benzene rings is 1. The first-order chi connectivity index (χ1) is 7.77. The molecule has 1 aliphatic rings. The number of nitrogens with one attached hydrogen (secondary N) is 1. The molecule has 1 unspecified atom stereocenters. The average molecular weight is 223 g/mol. The van der Waals surface area contributed by atoms with Crippen LogP contribution in [0.25, 0.3) is 0 Å². The number of aromatic hydroxyl groups is 1. The summed E-state index contributed by atoms with van der Waals surface area (Å²) in [6.45, 7) is 1.82. The van der Waals surface area contributed by atoms with Crippen molar-refractivity contribution in [3.05, 3.63) is 29.8 Å². The van der Waals surface area contributed by atoms with Crippen molar-refractivity contribution in [1.82, 2.24) is 5.32 Å². The summed E-state index contributed by atoms with van der Waals surface area (Å²) < 4.78 is 14.0. The molecule has 16 heavy (non-hydrogen) atoms. The lowest BCUT2D eigenvalue weighted by Gasteiger charge is -2.25. The number of rotatable bonds is 3. The van der Waals surface area contributed by atoms with Gasteiger partial charge in [0.25, 0.3) is 0 Å². The lowest BCUT2D eigenvalue weighted by Crippen LogP contribution is -2.33. The minimum atomic E-state index is -0.838. The summed E-state index contributed by atoms with van der Waals surface area (Å²) in [5.74, 6) is 0.347. The van der Waals surface area contributed by atoms with E-state index in [-0.39, 0.29) is 11.7 Å². The molecule has 1 atom stereocenters. The zero-order valence-electron chi connectivity index (χ0n) is 9.32. The van der Waals surface area contributed by atoms with Crippen LogP contribution < -0.4 is 5.32 Å². The van der Waals surface area contributed by atoms with E-state index in [4.69, 9.17) is 0 Å². The molecule has 88 valence electrons. The Hall–Kier alpha value is -1.09. The molecule has 1 aliphatic heterocycles. The molecule has 0 radical (unpaired) electrons. The number of phenols is 1. The van der Waals surface area contributed by atoms with Crippen molar-refractivity contribution in [2.45, 2.75) is 25.4 Å². The smallest absolute Gasteiger partial charge is 0.118 e. The number of phenolic OH excluding ortho intramolecular Hbond substituents is 1. The lowest BCUT2D eigenvalue weighted by molar-refractivity contribution is 0.186. The van der Waals surface area contributed by atoms with E-state index in [1.54, 1.807) is 18.2 Å². The largest absolute Gasteiger partial charge is 0.508 e. The van der Waals surface area contributed by atoms with Gasteiger partial charge in [-0.15, -0.1) is 0 Å². The number of hydrogen-bond acceptors (Lipinski definition) is 2. The summed E-state index contributed by atoms with van der Waals surface area (Å²) in [4.78, 5) is 0. The molecule has 2 rings (SSSR count). The van der Waals surface area contributed by atoms with Gasteiger partial charge >= 0.3 is 0 Å². The Bertz CT molecular complexity index is 336. The molecule has 2 N–H and O–H groups in total. The molecule has 1 aromatic rings. The molecule has 0 bridgehead atoms. The minimum absolute atomic E-state index is 0.140. The lowest BCUT2D eigenvalue weighted by atomic mass is 9.89. The molecule has 0 spiro atoms. The van der Waals surface area contributed by atoms with Crippen molar-refractivity contribution in [3.8, 4) is 5.75 Å². The van der Waals surface area contributed by atoms with Crippen LogP contribution in [0.4, 0.5) is 4.39 Å². The monoisotopic (exact) mass is 223 g/mol. The zero-order chi connectivity index (χ0) is 11.4. The van der Waals surface area contributed by atoms with E-state index in [0.717, 1.165) is 25.9 Å². The fraction of sp³-hybridized carbons (Fsp3) is 0.538. The van der Waals surface area contributed by atoms with E-state index in [1.165, 1.54) is 0 Å². The molecule has 3 heteroatoms. The molecular weight excluding hydrogens is 205 g/mol. The molecule has 0 aliphatic carbocycles. The van der Waals surface area contributed by atoms with Gasteiger partial charge in [0.05, 0.1) is 0 Å². The summed E-state index contributed by atoms with van der Waals surface area (Å²) in [7, 11) is 0. The minimum Gasteiger partial charge on any atom is -0.508 e. The highest BCUT2D eigenvalue weighted by molar-refractivity contribution is 5.32. The summed E-state index contributed by atoms with van der Waals surface area (Å²) in [5, 5.41) is 12.8. The molecule has 1 saturated heterocycles. The standard InChI is InChI=1S/C13H18FNO/c14-12(10-5-7-15-8-6-10)9-11-3-1-2-4-13(11)16/h1-4,10,12,15-16H,5-9H2. The third-order valence-electron chi connectivity index (χ3n) is 3.30. The molecule has 1 aromatic carbocycles. The van der Waals surface area contributed by atoms with Gasteiger partial charge in [0.15, 0.2) is 0 Å². The summed E-state index contributed by atoms with van der Waals surface area (Å²) >= 11 is 0. The van der Waals surface area contributed by atoms with Crippen LogP contribution in [-0.4, -0.2) is 24.4 Å². The maximum absolute atomic E-state index is 14.0. The molecule has 1 heterocycles. The number of hydrogen-bond donors (Lipinski definition) is 2. The van der Waals surface area contributed by atoms with Gasteiger partial charge in [-0.1, -0.05) is 18.2 Å². The van der Waals surface area contributed by atoms with Crippen LogP contribution in [0.1, 0.15) is 18.4 Å². The predicted octanol–water partition coefficient (Wildman–Crippen LogP) is 2.27. The van der Waals surface area contributed by atoms with Crippen molar-refractivity contribution in [1.29, 1.82) is 0 Å². The summed E-state index contributed by atoms with van der Waals surface area (Å²) in [5.41, 5.74) is 0.716. The van der Waals surface area contributed by atoms with E-state index < -0.39 is 6.17 Å². The first-order valence-electron chi connectivity index (χ1n) is 5.89. The second-order valence-corrected chi connectivity index (χ2v) is 4.44. The van der Waals surface area contributed by atoms with Gasteiger partial charge in [-0.05, 0) is 43.5 Å². The van der Waals surface area contributed by atoms with Crippen LogP contribution in [0, 0.1) is 5.92 Å².